The molecule has 2 N–H and O–H groups in total. The van der Waals surface area contributed by atoms with Crippen molar-refractivity contribution in [1.82, 2.24) is 10.6 Å². The molecule has 0 bridgehead atoms. The largest absolute Gasteiger partial charge is 0.471 e. The Hall–Kier alpha value is -2.49. The van der Waals surface area contributed by atoms with Crippen LogP contribution < -0.4 is 15.4 Å². The summed E-state index contributed by atoms with van der Waals surface area (Å²) >= 11 is 0. The predicted molar refractivity (Wildman–Crippen MR) is 102 cm³/mol. The van der Waals surface area contributed by atoms with Gasteiger partial charge in [-0.15, -0.1) is 0 Å². The summed E-state index contributed by atoms with van der Waals surface area (Å²) in [6.07, 6.45) is 0.412. The Morgan fingerprint density at radius 3 is 2.36 bits per heavy atom. The van der Waals surface area contributed by atoms with Gasteiger partial charge >= 0.3 is 6.03 Å². The average Bonchev–Trinajstić information content (AvgIpc) is 2.57. The minimum Gasteiger partial charge on any atom is -0.471 e. The number of carbonyl (C=O) groups is 1. The molecule has 2 aromatic carbocycles. The number of aryl methyl sites for hydroxylation is 1. The highest BCUT2D eigenvalue weighted by molar-refractivity contribution is 5.74. The molecule has 25 heavy (non-hydrogen) atoms. The molecule has 4 heteroatoms. The Morgan fingerprint density at radius 2 is 1.72 bits per heavy atom. The zero-order valence-electron chi connectivity index (χ0n) is 15.5. The van der Waals surface area contributed by atoms with Crippen molar-refractivity contribution in [3.63, 3.8) is 0 Å². The van der Waals surface area contributed by atoms with Crippen LogP contribution in [0.25, 0.3) is 0 Å². The third-order valence-corrected chi connectivity index (χ3v) is 4.14. The molecule has 2 aromatic rings. The van der Waals surface area contributed by atoms with Crippen LogP contribution in [-0.2, 0) is 6.42 Å². The molecule has 0 saturated heterocycles. The number of nitrogens with one attached hydrogen (secondary N) is 2. The van der Waals surface area contributed by atoms with Crippen molar-refractivity contribution < 1.29 is 9.53 Å². The molecule has 0 spiro atoms. The zero-order chi connectivity index (χ0) is 18.2. The van der Waals surface area contributed by atoms with Crippen LogP contribution >= 0.6 is 0 Å². The molecular weight excluding hydrogens is 312 g/mol. The Bertz CT molecular complexity index is 681. The van der Waals surface area contributed by atoms with Crippen LogP contribution in [-0.4, -0.2) is 18.8 Å². The molecule has 0 heterocycles. The van der Waals surface area contributed by atoms with Crippen molar-refractivity contribution in [3.8, 4) is 5.75 Å². The lowest BCUT2D eigenvalue weighted by atomic mass is 10.0. The molecule has 0 aliphatic carbocycles. The molecule has 0 saturated carbocycles. The van der Waals surface area contributed by atoms with Crippen LogP contribution in [0, 0.1) is 6.92 Å². The standard InChI is InChI=1S/C21H28N2O2/c1-15(2)18-9-11-20(12-10-18)25-17(4)23-21(24)22-14-13-19-8-6-5-7-16(19)3/h5-12,15,17H,13-14H2,1-4H3,(H2,22,23,24). The van der Waals surface area contributed by atoms with Gasteiger partial charge in [0.05, 0.1) is 0 Å². The van der Waals surface area contributed by atoms with Gasteiger partial charge in [-0.1, -0.05) is 50.2 Å². The predicted octanol–water partition coefficient (Wildman–Crippen LogP) is 4.39. The summed E-state index contributed by atoms with van der Waals surface area (Å²) in [5.74, 6) is 1.24. The highest BCUT2D eigenvalue weighted by Crippen LogP contribution is 2.19. The third kappa shape index (κ3) is 6.14. The first-order valence-electron chi connectivity index (χ1n) is 8.81. The van der Waals surface area contributed by atoms with Crippen LogP contribution in [0.2, 0.25) is 0 Å². The van der Waals surface area contributed by atoms with Crippen molar-refractivity contribution in [2.45, 2.75) is 46.3 Å². The number of rotatable bonds is 7. The summed E-state index contributed by atoms with van der Waals surface area (Å²) < 4.78 is 5.73. The SMILES string of the molecule is Cc1ccccc1CCNC(=O)NC(C)Oc1ccc(C(C)C)cc1. The summed E-state index contributed by atoms with van der Waals surface area (Å²) in [6, 6.07) is 15.9. The molecule has 2 amide bonds. The maximum Gasteiger partial charge on any atom is 0.317 e. The molecule has 1 unspecified atom stereocenters. The summed E-state index contributed by atoms with van der Waals surface area (Å²) in [7, 11) is 0. The van der Waals surface area contributed by atoms with Gasteiger partial charge in [0.25, 0.3) is 0 Å². The lowest BCUT2D eigenvalue weighted by Gasteiger charge is -2.17. The van der Waals surface area contributed by atoms with Crippen LogP contribution in [0.3, 0.4) is 0 Å². The lowest BCUT2D eigenvalue weighted by Crippen LogP contribution is -2.43. The Morgan fingerprint density at radius 1 is 1.04 bits per heavy atom. The topological polar surface area (TPSA) is 50.4 Å². The van der Waals surface area contributed by atoms with E-state index in [1.165, 1.54) is 16.7 Å². The third-order valence-electron chi connectivity index (χ3n) is 4.14. The molecule has 134 valence electrons. The maximum atomic E-state index is 12.0. The van der Waals surface area contributed by atoms with Gasteiger partial charge in [-0.3, -0.25) is 0 Å². The number of hydrogen-bond donors (Lipinski definition) is 2. The van der Waals surface area contributed by atoms with Crippen molar-refractivity contribution in [2.75, 3.05) is 6.54 Å². The van der Waals surface area contributed by atoms with Gasteiger partial charge in [0.2, 0.25) is 0 Å². The Kier molecular flexibility index (Phi) is 6.87. The second kappa shape index (κ2) is 9.11. The molecule has 0 aromatic heterocycles. The van der Waals surface area contributed by atoms with Crippen molar-refractivity contribution >= 4 is 6.03 Å². The monoisotopic (exact) mass is 340 g/mol. The van der Waals surface area contributed by atoms with E-state index in [4.69, 9.17) is 4.74 Å². The lowest BCUT2D eigenvalue weighted by molar-refractivity contribution is 0.177. The highest BCUT2D eigenvalue weighted by Gasteiger charge is 2.08. The van der Waals surface area contributed by atoms with Gasteiger partial charge < -0.3 is 15.4 Å². The van der Waals surface area contributed by atoms with Crippen LogP contribution in [0.15, 0.2) is 48.5 Å². The maximum absolute atomic E-state index is 12.0. The van der Waals surface area contributed by atoms with Crippen LogP contribution in [0.1, 0.15) is 43.4 Å². The van der Waals surface area contributed by atoms with Gasteiger partial charge in [0.1, 0.15) is 5.75 Å². The number of ether oxygens (including phenoxy) is 1. The minimum atomic E-state index is -0.400. The van der Waals surface area contributed by atoms with E-state index < -0.39 is 6.23 Å². The van der Waals surface area contributed by atoms with E-state index in [1.54, 1.807) is 0 Å². The van der Waals surface area contributed by atoms with E-state index in [0.29, 0.717) is 12.5 Å². The Labute approximate surface area is 150 Å². The summed E-state index contributed by atoms with van der Waals surface area (Å²) in [5.41, 5.74) is 3.76. The molecule has 0 aliphatic heterocycles. The van der Waals surface area contributed by atoms with Crippen molar-refractivity contribution in [1.29, 1.82) is 0 Å². The van der Waals surface area contributed by atoms with Gasteiger partial charge in [-0.2, -0.15) is 0 Å². The number of hydrogen-bond acceptors (Lipinski definition) is 2. The van der Waals surface area contributed by atoms with E-state index in [2.05, 4.69) is 55.7 Å². The Balaban J connectivity index is 1.73. The first-order valence-corrected chi connectivity index (χ1v) is 8.81. The summed E-state index contributed by atoms with van der Waals surface area (Å²) in [4.78, 5) is 12.0. The van der Waals surface area contributed by atoms with E-state index in [0.717, 1.165) is 12.2 Å². The second-order valence-corrected chi connectivity index (χ2v) is 6.56. The first-order chi connectivity index (χ1) is 12.0. The van der Waals surface area contributed by atoms with Crippen molar-refractivity contribution in [2.24, 2.45) is 0 Å². The van der Waals surface area contributed by atoms with E-state index in [-0.39, 0.29) is 6.03 Å². The molecule has 0 radical (unpaired) electrons. The molecule has 2 rings (SSSR count). The first kappa shape index (κ1) is 18.8. The second-order valence-electron chi connectivity index (χ2n) is 6.56. The molecule has 1 atom stereocenters. The fraction of sp³-hybridized carbons (Fsp3) is 0.381. The number of benzene rings is 2. The average molecular weight is 340 g/mol. The van der Waals surface area contributed by atoms with Crippen molar-refractivity contribution in [3.05, 3.63) is 65.2 Å². The van der Waals surface area contributed by atoms with Crippen LogP contribution in [0.5, 0.6) is 5.75 Å². The fourth-order valence-corrected chi connectivity index (χ4v) is 2.60. The van der Waals surface area contributed by atoms with Gasteiger partial charge in [-0.05, 0) is 55.0 Å². The fourth-order valence-electron chi connectivity index (χ4n) is 2.60. The molecule has 4 nitrogen and oxygen atoms in total. The minimum absolute atomic E-state index is 0.222. The number of urea groups is 1. The van der Waals surface area contributed by atoms with Gasteiger partial charge in [-0.25, -0.2) is 4.79 Å². The highest BCUT2D eigenvalue weighted by atomic mass is 16.5. The number of amides is 2. The van der Waals surface area contributed by atoms with Gasteiger partial charge in [0, 0.05) is 6.54 Å². The molecule has 0 fully saturated rings. The molecule has 0 aliphatic rings. The summed E-state index contributed by atoms with van der Waals surface area (Å²) in [6.45, 7) is 8.79. The smallest absolute Gasteiger partial charge is 0.317 e. The van der Waals surface area contributed by atoms with Gasteiger partial charge in [0.15, 0.2) is 6.23 Å². The summed E-state index contributed by atoms with van der Waals surface area (Å²) in [5, 5.41) is 5.66. The normalized spacial score (nSPS) is 11.9. The van der Waals surface area contributed by atoms with Crippen LogP contribution in [0.4, 0.5) is 4.79 Å². The van der Waals surface area contributed by atoms with E-state index in [1.807, 2.05) is 31.2 Å². The van der Waals surface area contributed by atoms with E-state index in [9.17, 15) is 4.79 Å². The zero-order valence-corrected chi connectivity index (χ0v) is 15.5. The number of carbonyl (C=O) groups excluding carboxylic acids is 1. The van der Waals surface area contributed by atoms with E-state index >= 15 is 0 Å². The quantitative estimate of drug-likeness (QED) is 0.735. The molecular formula is C21H28N2O2.